The van der Waals surface area contributed by atoms with Crippen molar-refractivity contribution in [3.63, 3.8) is 0 Å². The summed E-state index contributed by atoms with van der Waals surface area (Å²) in [5, 5.41) is 13.5. The lowest BCUT2D eigenvalue weighted by Gasteiger charge is -2.32. The number of rotatable bonds is 10. The molecule has 1 aromatic heterocycles. The molecule has 0 radical (unpaired) electrons. The number of hydrogen-bond acceptors (Lipinski definition) is 6. The third kappa shape index (κ3) is 6.85. The van der Waals surface area contributed by atoms with Crippen molar-refractivity contribution in [1.82, 2.24) is 14.8 Å². The molecule has 0 saturated heterocycles. The molecule has 2 aromatic rings. The summed E-state index contributed by atoms with van der Waals surface area (Å²) < 4.78 is 5.88. The monoisotopic (exact) mass is 403 g/mol. The number of ether oxygens (including phenoxy) is 1. The van der Waals surface area contributed by atoms with Crippen LogP contribution in [-0.2, 0) is 13.1 Å². The van der Waals surface area contributed by atoms with Gasteiger partial charge in [-0.2, -0.15) is 0 Å². The molecule has 1 N–H and O–H groups in total. The minimum atomic E-state index is -0.469. The average Bonchev–Trinajstić information content (AvgIpc) is 3.20. The number of likely N-dealkylation sites (N-methyl/N-ethyl adjacent to an activating group) is 1. The molecule has 1 aliphatic carbocycles. The van der Waals surface area contributed by atoms with Crippen LogP contribution in [0.4, 0.5) is 0 Å². The van der Waals surface area contributed by atoms with Gasteiger partial charge in [0.25, 0.3) is 0 Å². The van der Waals surface area contributed by atoms with Crippen molar-refractivity contribution < 1.29 is 9.84 Å². The Bertz CT molecular complexity index is 689. The second-order valence-corrected chi connectivity index (χ2v) is 8.92. The standard InChI is InChI=1S/C22H33N3O2S/c1-24(16-22-23-11-12-28-22)14-18-7-6-10-21(13-18)27-17-20(26)15-25(2)19-8-4-3-5-9-19/h6-7,10-13,19-20,26H,3-5,8-9,14-17H2,1-2H3. The van der Waals surface area contributed by atoms with Gasteiger partial charge in [0, 0.05) is 30.7 Å². The number of aliphatic hydroxyl groups excluding tert-OH is 1. The van der Waals surface area contributed by atoms with Gasteiger partial charge in [-0.1, -0.05) is 31.4 Å². The number of nitrogens with zero attached hydrogens (tertiary/aromatic N) is 3. The summed E-state index contributed by atoms with van der Waals surface area (Å²) in [7, 11) is 4.22. The van der Waals surface area contributed by atoms with Crippen molar-refractivity contribution in [3.8, 4) is 5.75 Å². The van der Waals surface area contributed by atoms with Crippen LogP contribution in [0.1, 0.15) is 42.7 Å². The van der Waals surface area contributed by atoms with Crippen molar-refractivity contribution in [2.24, 2.45) is 0 Å². The van der Waals surface area contributed by atoms with E-state index in [0.717, 1.165) is 23.8 Å². The molecule has 1 saturated carbocycles. The third-order valence-corrected chi connectivity index (χ3v) is 6.14. The number of benzene rings is 1. The maximum atomic E-state index is 10.4. The number of aliphatic hydroxyl groups is 1. The van der Waals surface area contributed by atoms with Crippen molar-refractivity contribution in [2.75, 3.05) is 27.2 Å². The zero-order valence-corrected chi connectivity index (χ0v) is 17.9. The normalized spacial score (nSPS) is 16.6. The maximum absolute atomic E-state index is 10.4. The van der Waals surface area contributed by atoms with Crippen LogP contribution in [0.3, 0.4) is 0 Å². The van der Waals surface area contributed by atoms with Gasteiger partial charge in [0.2, 0.25) is 0 Å². The van der Waals surface area contributed by atoms with E-state index in [1.807, 2.05) is 23.7 Å². The van der Waals surface area contributed by atoms with Crippen molar-refractivity contribution >= 4 is 11.3 Å². The lowest BCUT2D eigenvalue weighted by Crippen LogP contribution is -2.40. The van der Waals surface area contributed by atoms with Gasteiger partial charge in [-0.25, -0.2) is 4.98 Å². The first-order valence-corrected chi connectivity index (χ1v) is 11.1. The van der Waals surface area contributed by atoms with E-state index in [2.05, 4.69) is 41.0 Å². The third-order valence-electron chi connectivity index (χ3n) is 5.38. The zero-order chi connectivity index (χ0) is 19.8. The Kier molecular flexibility index (Phi) is 8.27. The molecule has 1 unspecified atom stereocenters. The number of hydrogen-bond donors (Lipinski definition) is 1. The minimum absolute atomic E-state index is 0.329. The van der Waals surface area contributed by atoms with Crippen LogP contribution in [0.5, 0.6) is 5.75 Å². The zero-order valence-electron chi connectivity index (χ0n) is 17.1. The first kappa shape index (κ1) is 21.2. The second-order valence-electron chi connectivity index (χ2n) is 7.94. The van der Waals surface area contributed by atoms with Gasteiger partial charge in [-0.05, 0) is 44.6 Å². The Morgan fingerprint density at radius 2 is 2.04 bits per heavy atom. The molecule has 0 bridgehead atoms. The van der Waals surface area contributed by atoms with Crippen LogP contribution < -0.4 is 4.74 Å². The molecule has 1 fully saturated rings. The number of aromatic nitrogens is 1. The molecule has 1 atom stereocenters. The van der Waals surface area contributed by atoms with Gasteiger partial charge in [0.15, 0.2) is 0 Å². The molecule has 154 valence electrons. The predicted octanol–water partition coefficient (Wildman–Crippen LogP) is 3.78. The first-order chi connectivity index (χ1) is 13.6. The van der Waals surface area contributed by atoms with Gasteiger partial charge in [-0.3, -0.25) is 4.90 Å². The average molecular weight is 404 g/mol. The summed E-state index contributed by atoms with van der Waals surface area (Å²) in [5.74, 6) is 0.819. The molecule has 3 rings (SSSR count). The van der Waals surface area contributed by atoms with Crippen LogP contribution >= 0.6 is 11.3 Å². The van der Waals surface area contributed by atoms with Gasteiger partial charge >= 0.3 is 0 Å². The Morgan fingerprint density at radius 3 is 2.79 bits per heavy atom. The molecule has 0 amide bonds. The van der Waals surface area contributed by atoms with Crippen LogP contribution in [0.15, 0.2) is 35.8 Å². The molecule has 1 aromatic carbocycles. The van der Waals surface area contributed by atoms with E-state index in [4.69, 9.17) is 4.74 Å². The van der Waals surface area contributed by atoms with Crippen LogP contribution in [0.25, 0.3) is 0 Å². The summed E-state index contributed by atoms with van der Waals surface area (Å²) in [6, 6.07) is 8.76. The van der Waals surface area contributed by atoms with Gasteiger partial charge < -0.3 is 14.7 Å². The predicted molar refractivity (Wildman–Crippen MR) is 115 cm³/mol. The summed E-state index contributed by atoms with van der Waals surface area (Å²) in [4.78, 5) is 8.89. The Morgan fingerprint density at radius 1 is 1.21 bits per heavy atom. The molecule has 1 aliphatic rings. The van der Waals surface area contributed by atoms with E-state index < -0.39 is 6.10 Å². The van der Waals surface area contributed by atoms with Gasteiger partial charge in [0.1, 0.15) is 23.5 Å². The van der Waals surface area contributed by atoms with Crippen molar-refractivity contribution in [3.05, 3.63) is 46.4 Å². The summed E-state index contributed by atoms with van der Waals surface area (Å²) in [6.07, 6.45) is 7.85. The summed E-state index contributed by atoms with van der Waals surface area (Å²) in [5.41, 5.74) is 1.20. The SMILES string of the molecule is CN(Cc1cccc(OCC(O)CN(C)C2CCCCC2)c1)Cc1nccs1. The van der Waals surface area contributed by atoms with E-state index >= 15 is 0 Å². The highest BCUT2D eigenvalue weighted by atomic mass is 32.1. The molecular weight excluding hydrogens is 370 g/mol. The van der Waals surface area contributed by atoms with Crippen molar-refractivity contribution in [1.29, 1.82) is 0 Å². The Hall–Kier alpha value is -1.47. The fraction of sp³-hybridized carbons (Fsp3) is 0.591. The van der Waals surface area contributed by atoms with Gasteiger partial charge in [-0.15, -0.1) is 11.3 Å². The Labute approximate surface area is 173 Å². The molecule has 6 heteroatoms. The number of thiazole rings is 1. The summed E-state index contributed by atoms with van der Waals surface area (Å²) >= 11 is 1.68. The lowest BCUT2D eigenvalue weighted by molar-refractivity contribution is 0.0561. The molecule has 28 heavy (non-hydrogen) atoms. The van der Waals surface area contributed by atoms with E-state index in [9.17, 15) is 5.11 Å². The fourth-order valence-electron chi connectivity index (χ4n) is 3.91. The molecule has 0 aliphatic heterocycles. The highest BCUT2D eigenvalue weighted by Crippen LogP contribution is 2.22. The topological polar surface area (TPSA) is 48.8 Å². The smallest absolute Gasteiger partial charge is 0.119 e. The highest BCUT2D eigenvalue weighted by Gasteiger charge is 2.20. The fourth-order valence-corrected chi connectivity index (χ4v) is 4.61. The minimum Gasteiger partial charge on any atom is -0.491 e. The van der Waals surface area contributed by atoms with Crippen LogP contribution in [0, 0.1) is 0 Å². The van der Waals surface area contributed by atoms with E-state index in [1.165, 1.54) is 37.7 Å². The Balaban J connectivity index is 1.43. The van der Waals surface area contributed by atoms with Crippen LogP contribution in [-0.4, -0.2) is 59.3 Å². The molecular formula is C22H33N3O2S. The lowest BCUT2D eigenvalue weighted by atomic mass is 9.94. The molecule has 0 spiro atoms. The van der Waals surface area contributed by atoms with E-state index in [-0.39, 0.29) is 0 Å². The van der Waals surface area contributed by atoms with E-state index in [1.54, 1.807) is 11.3 Å². The molecule has 5 nitrogen and oxygen atoms in total. The van der Waals surface area contributed by atoms with Crippen LogP contribution in [0.2, 0.25) is 0 Å². The first-order valence-electron chi connectivity index (χ1n) is 10.3. The quantitative estimate of drug-likeness (QED) is 0.654. The largest absolute Gasteiger partial charge is 0.491 e. The molecule has 1 heterocycles. The van der Waals surface area contributed by atoms with E-state index in [0.29, 0.717) is 19.2 Å². The van der Waals surface area contributed by atoms with Gasteiger partial charge in [0.05, 0.1) is 6.54 Å². The maximum Gasteiger partial charge on any atom is 0.119 e. The highest BCUT2D eigenvalue weighted by molar-refractivity contribution is 7.09. The van der Waals surface area contributed by atoms with Crippen molar-refractivity contribution in [2.45, 2.75) is 57.3 Å². The summed E-state index contributed by atoms with van der Waals surface area (Å²) in [6.45, 7) is 2.68. The second kappa shape index (κ2) is 10.9.